The molecule has 1 amide bonds. The Morgan fingerprint density at radius 2 is 1.74 bits per heavy atom. The van der Waals surface area contributed by atoms with E-state index >= 15 is 0 Å². The van der Waals surface area contributed by atoms with E-state index in [0.29, 0.717) is 53.1 Å². The van der Waals surface area contributed by atoms with Crippen LogP contribution in [0.25, 0.3) is 16.9 Å². The number of fused-ring (bicyclic) bond motifs is 1. The summed E-state index contributed by atoms with van der Waals surface area (Å²) in [7, 11) is 2.97. The van der Waals surface area contributed by atoms with Gasteiger partial charge in [0.15, 0.2) is 0 Å². The van der Waals surface area contributed by atoms with Gasteiger partial charge in [-0.25, -0.2) is 0 Å². The molecule has 11 heteroatoms. The number of anilines is 1. The number of rotatable bonds is 7. The number of hydrogen-bond acceptors (Lipinski definition) is 6. The van der Waals surface area contributed by atoms with Gasteiger partial charge in [-0.3, -0.25) is 9.59 Å². The summed E-state index contributed by atoms with van der Waals surface area (Å²) in [5.41, 5.74) is 5.24. The summed E-state index contributed by atoms with van der Waals surface area (Å²) >= 11 is 0. The zero-order valence-electron chi connectivity index (χ0n) is 19.0. The minimum absolute atomic E-state index is 0.186. The number of hydrogen-bond donors (Lipinski definition) is 2. The number of ether oxygens (including phenoxy) is 2. The van der Waals surface area contributed by atoms with Crippen molar-refractivity contribution in [3.8, 4) is 28.4 Å². The van der Waals surface area contributed by atoms with E-state index in [-0.39, 0.29) is 12.2 Å². The molecule has 0 saturated heterocycles. The first-order valence-corrected chi connectivity index (χ1v) is 10.7. The topological polar surface area (TPSA) is 108 Å². The Hall–Kier alpha value is -4.02. The van der Waals surface area contributed by atoms with Crippen molar-refractivity contribution in [1.82, 2.24) is 9.78 Å². The number of benzene rings is 2. The molecule has 1 aliphatic rings. The van der Waals surface area contributed by atoms with Crippen LogP contribution in [0.5, 0.6) is 11.5 Å². The van der Waals surface area contributed by atoms with Crippen LogP contribution in [-0.4, -0.2) is 36.5 Å². The van der Waals surface area contributed by atoms with E-state index in [2.05, 4.69) is 10.4 Å². The lowest BCUT2D eigenvalue weighted by Gasteiger charge is -2.18. The lowest BCUT2D eigenvalue weighted by Crippen LogP contribution is -2.28. The van der Waals surface area contributed by atoms with Gasteiger partial charge in [-0.15, -0.1) is 0 Å². The summed E-state index contributed by atoms with van der Waals surface area (Å²) in [6, 6.07) is 8.18. The number of nitrogens with zero attached hydrogens (tertiary/aromatic N) is 2. The third-order valence-corrected chi connectivity index (χ3v) is 5.78. The van der Waals surface area contributed by atoms with Gasteiger partial charge in [-0.2, -0.15) is 23.0 Å². The number of methoxy groups -OCH3 is 2. The van der Waals surface area contributed by atoms with Crippen molar-refractivity contribution < 1.29 is 27.4 Å². The minimum Gasteiger partial charge on any atom is -0.497 e. The summed E-state index contributed by atoms with van der Waals surface area (Å²) in [4.78, 5) is 24.5. The fraction of sp³-hybridized carbons (Fsp3) is 0.292. The van der Waals surface area contributed by atoms with Gasteiger partial charge in [0.25, 0.3) is 5.56 Å². The Labute approximate surface area is 198 Å². The molecular formula is C24H23F3N4O4. The predicted molar refractivity (Wildman–Crippen MR) is 123 cm³/mol. The van der Waals surface area contributed by atoms with Crippen LogP contribution in [0.15, 0.2) is 41.2 Å². The number of amides is 1. The lowest BCUT2D eigenvalue weighted by molar-refractivity contribution is -0.137. The SMILES string of the molecule is COc1cc(OC)cc(-c2nn(-c3cc(NCC(N)=O)ccc3C(F)(F)F)c(=O)c3c2CCC3)c1. The van der Waals surface area contributed by atoms with Gasteiger partial charge in [-0.05, 0) is 55.2 Å². The van der Waals surface area contributed by atoms with E-state index in [4.69, 9.17) is 15.2 Å². The molecule has 4 rings (SSSR count). The van der Waals surface area contributed by atoms with Crippen LogP contribution in [0.3, 0.4) is 0 Å². The van der Waals surface area contributed by atoms with Gasteiger partial charge in [0.1, 0.15) is 11.5 Å². The summed E-state index contributed by atoms with van der Waals surface area (Å²) in [6.45, 7) is -0.286. The molecule has 0 unspecified atom stereocenters. The Balaban J connectivity index is 1.98. The van der Waals surface area contributed by atoms with Crippen molar-refractivity contribution >= 4 is 11.6 Å². The molecule has 1 aromatic heterocycles. The molecule has 2 aromatic carbocycles. The normalized spacial score (nSPS) is 12.8. The molecule has 0 aliphatic heterocycles. The standard InChI is InChI=1S/C24H23F3N4O4/c1-34-15-8-13(9-16(11-15)35-2)22-17-4-3-5-18(17)23(33)31(30-22)20-10-14(29-12-21(28)32)6-7-19(20)24(25,26)27/h6-11,29H,3-5,12H2,1-2H3,(H2,28,32). The predicted octanol–water partition coefficient (Wildman–Crippen LogP) is 3.32. The molecule has 0 saturated carbocycles. The molecule has 0 atom stereocenters. The van der Waals surface area contributed by atoms with E-state index in [1.165, 1.54) is 20.3 Å². The number of halogens is 3. The van der Waals surface area contributed by atoms with Crippen molar-refractivity contribution in [2.24, 2.45) is 5.73 Å². The van der Waals surface area contributed by atoms with E-state index < -0.39 is 28.9 Å². The minimum atomic E-state index is -4.75. The Kier molecular flexibility index (Phi) is 6.42. The molecule has 0 fully saturated rings. The second-order valence-electron chi connectivity index (χ2n) is 8.03. The van der Waals surface area contributed by atoms with E-state index in [0.717, 1.165) is 16.8 Å². The van der Waals surface area contributed by atoms with Gasteiger partial charge in [0.2, 0.25) is 5.91 Å². The summed E-state index contributed by atoms with van der Waals surface area (Å²) in [5, 5.41) is 7.08. The number of nitrogens with one attached hydrogen (secondary N) is 1. The summed E-state index contributed by atoms with van der Waals surface area (Å²) in [6.07, 6.45) is -3.08. The van der Waals surface area contributed by atoms with Gasteiger partial charge in [0.05, 0.1) is 37.7 Å². The molecule has 8 nitrogen and oxygen atoms in total. The van der Waals surface area contributed by atoms with Crippen LogP contribution in [0.4, 0.5) is 18.9 Å². The second kappa shape index (κ2) is 9.32. The number of carbonyl (C=O) groups excluding carboxylic acids is 1. The number of carbonyl (C=O) groups is 1. The van der Waals surface area contributed by atoms with E-state index in [9.17, 15) is 22.8 Å². The van der Waals surface area contributed by atoms with Gasteiger partial charge in [0, 0.05) is 22.9 Å². The molecule has 3 N–H and O–H groups in total. The highest BCUT2D eigenvalue weighted by Gasteiger charge is 2.35. The molecule has 1 heterocycles. The summed E-state index contributed by atoms with van der Waals surface area (Å²) in [5.74, 6) is 0.257. The van der Waals surface area contributed by atoms with Crippen LogP contribution in [0, 0.1) is 0 Å². The highest BCUT2D eigenvalue weighted by Crippen LogP contribution is 2.37. The zero-order chi connectivity index (χ0) is 25.3. The third-order valence-electron chi connectivity index (χ3n) is 5.78. The molecule has 0 spiro atoms. The smallest absolute Gasteiger partial charge is 0.418 e. The first-order valence-electron chi connectivity index (χ1n) is 10.7. The van der Waals surface area contributed by atoms with Crippen LogP contribution in [0.1, 0.15) is 23.1 Å². The van der Waals surface area contributed by atoms with Crippen LogP contribution in [-0.2, 0) is 23.8 Å². The largest absolute Gasteiger partial charge is 0.497 e. The van der Waals surface area contributed by atoms with Crippen molar-refractivity contribution in [1.29, 1.82) is 0 Å². The fourth-order valence-corrected chi connectivity index (χ4v) is 4.16. The fourth-order valence-electron chi connectivity index (χ4n) is 4.16. The van der Waals surface area contributed by atoms with Crippen molar-refractivity contribution in [3.05, 3.63) is 63.4 Å². The number of alkyl halides is 3. The van der Waals surface area contributed by atoms with E-state index in [1.807, 2.05) is 0 Å². The second-order valence-corrected chi connectivity index (χ2v) is 8.03. The summed E-state index contributed by atoms with van der Waals surface area (Å²) < 4.78 is 53.3. The average molecular weight is 488 g/mol. The highest BCUT2D eigenvalue weighted by atomic mass is 19.4. The van der Waals surface area contributed by atoms with Gasteiger partial charge in [-0.1, -0.05) is 0 Å². The van der Waals surface area contributed by atoms with Gasteiger partial charge >= 0.3 is 6.18 Å². The average Bonchev–Trinajstić information content (AvgIpc) is 3.32. The maximum atomic E-state index is 13.9. The molecular weight excluding hydrogens is 465 g/mol. The van der Waals surface area contributed by atoms with Crippen LogP contribution < -0.4 is 26.1 Å². The zero-order valence-corrected chi connectivity index (χ0v) is 19.0. The molecule has 1 aliphatic carbocycles. The molecule has 35 heavy (non-hydrogen) atoms. The van der Waals surface area contributed by atoms with Crippen LogP contribution in [0.2, 0.25) is 0 Å². The Bertz CT molecular complexity index is 1330. The Morgan fingerprint density at radius 1 is 1.09 bits per heavy atom. The van der Waals surface area contributed by atoms with Crippen molar-refractivity contribution in [2.45, 2.75) is 25.4 Å². The highest BCUT2D eigenvalue weighted by molar-refractivity contribution is 5.79. The van der Waals surface area contributed by atoms with Crippen LogP contribution >= 0.6 is 0 Å². The van der Waals surface area contributed by atoms with Gasteiger partial charge < -0.3 is 20.5 Å². The molecule has 0 bridgehead atoms. The van der Waals surface area contributed by atoms with Crippen molar-refractivity contribution in [3.63, 3.8) is 0 Å². The quantitative estimate of drug-likeness (QED) is 0.528. The first-order chi connectivity index (χ1) is 16.6. The third kappa shape index (κ3) is 4.79. The molecule has 0 radical (unpaired) electrons. The number of primary amides is 1. The van der Waals surface area contributed by atoms with E-state index in [1.54, 1.807) is 18.2 Å². The molecule has 184 valence electrons. The van der Waals surface area contributed by atoms with Crippen molar-refractivity contribution in [2.75, 3.05) is 26.1 Å². The maximum absolute atomic E-state index is 13.9. The Morgan fingerprint density at radius 3 is 2.34 bits per heavy atom. The monoisotopic (exact) mass is 488 g/mol. The number of nitrogens with two attached hydrogens (primary N) is 1. The first kappa shape index (κ1) is 24.1. The number of aromatic nitrogens is 2. The lowest BCUT2D eigenvalue weighted by atomic mass is 10.0. The maximum Gasteiger partial charge on any atom is 0.418 e. The molecule has 3 aromatic rings.